The Kier molecular flexibility index (Phi) is 7.80. The number of benzene rings is 2. The van der Waals surface area contributed by atoms with Crippen LogP contribution in [0, 0.1) is 0 Å². The van der Waals surface area contributed by atoms with Gasteiger partial charge in [0.1, 0.15) is 11.9 Å². The first-order chi connectivity index (χ1) is 16.7. The van der Waals surface area contributed by atoms with Crippen LogP contribution in [0.15, 0.2) is 60.9 Å². The maximum Gasteiger partial charge on any atom is 0.254 e. The van der Waals surface area contributed by atoms with Crippen LogP contribution >= 0.6 is 0 Å². The van der Waals surface area contributed by atoms with Crippen LogP contribution in [0.5, 0.6) is 17.2 Å². The van der Waals surface area contributed by atoms with Crippen LogP contribution < -0.4 is 24.4 Å². The van der Waals surface area contributed by atoms with Gasteiger partial charge in [-0.15, -0.1) is 0 Å². The average molecular weight is 463 g/mol. The lowest BCUT2D eigenvalue weighted by atomic mass is 10.1. The van der Waals surface area contributed by atoms with Crippen LogP contribution in [0.1, 0.15) is 35.7 Å². The molecule has 8 nitrogen and oxygen atoms in total. The second-order valence-corrected chi connectivity index (χ2v) is 8.01. The summed E-state index contributed by atoms with van der Waals surface area (Å²) in [4.78, 5) is 23.5. The van der Waals surface area contributed by atoms with E-state index in [9.17, 15) is 4.79 Å². The lowest BCUT2D eigenvalue weighted by Gasteiger charge is -2.33. The van der Waals surface area contributed by atoms with Crippen molar-refractivity contribution in [3.05, 3.63) is 72.1 Å². The third kappa shape index (κ3) is 5.95. The minimum atomic E-state index is -0.221. The van der Waals surface area contributed by atoms with E-state index in [1.807, 2.05) is 55.5 Å². The van der Waals surface area contributed by atoms with E-state index in [1.165, 1.54) is 0 Å². The molecule has 0 bridgehead atoms. The summed E-state index contributed by atoms with van der Waals surface area (Å²) < 4.78 is 17.1. The molecule has 8 heteroatoms. The molecule has 1 aliphatic rings. The van der Waals surface area contributed by atoms with Gasteiger partial charge in [0.2, 0.25) is 5.95 Å². The molecule has 4 rings (SSSR count). The third-order valence-corrected chi connectivity index (χ3v) is 5.59. The third-order valence-electron chi connectivity index (χ3n) is 5.59. The second kappa shape index (κ2) is 11.4. The summed E-state index contributed by atoms with van der Waals surface area (Å²) in [7, 11) is 1.62. The molecular weight excluding hydrogens is 432 g/mol. The van der Waals surface area contributed by atoms with Gasteiger partial charge >= 0.3 is 0 Å². The molecule has 0 aliphatic carbocycles. The predicted molar refractivity (Wildman–Crippen MR) is 130 cm³/mol. The number of carbonyl (C=O) groups is 1. The Morgan fingerprint density at radius 3 is 2.68 bits per heavy atom. The number of para-hydroxylation sites is 2. The zero-order chi connectivity index (χ0) is 23.8. The summed E-state index contributed by atoms with van der Waals surface area (Å²) in [6.45, 7) is 4.45. The molecule has 2 aromatic carbocycles. The molecule has 1 aliphatic heterocycles. The van der Waals surface area contributed by atoms with Crippen LogP contribution in [0.2, 0.25) is 0 Å². The smallest absolute Gasteiger partial charge is 0.254 e. The fraction of sp³-hybridized carbons (Fsp3) is 0.346. The van der Waals surface area contributed by atoms with Gasteiger partial charge in [-0.3, -0.25) is 4.79 Å². The largest absolute Gasteiger partial charge is 0.497 e. The average Bonchev–Trinajstić information content (AvgIpc) is 2.89. The monoisotopic (exact) mass is 462 g/mol. The van der Waals surface area contributed by atoms with E-state index >= 15 is 0 Å². The fourth-order valence-corrected chi connectivity index (χ4v) is 3.89. The Morgan fingerprint density at radius 1 is 1.12 bits per heavy atom. The SMILES string of the molecule is CCOc1ccccc1O[C@@H]1CCCN(c2ncc(C(=O)NCc3cccc(OC)c3)cn2)C1. The summed E-state index contributed by atoms with van der Waals surface area (Å²) in [5.74, 6) is 2.63. The Hall–Kier alpha value is -3.81. The van der Waals surface area contributed by atoms with Crippen molar-refractivity contribution in [1.82, 2.24) is 15.3 Å². The lowest BCUT2D eigenvalue weighted by molar-refractivity contribution is 0.0950. The Morgan fingerprint density at radius 2 is 1.91 bits per heavy atom. The van der Waals surface area contributed by atoms with Crippen molar-refractivity contribution < 1.29 is 19.0 Å². The van der Waals surface area contributed by atoms with Crippen molar-refractivity contribution >= 4 is 11.9 Å². The van der Waals surface area contributed by atoms with Crippen LogP contribution in [0.4, 0.5) is 5.95 Å². The first-order valence-electron chi connectivity index (χ1n) is 11.5. The number of ether oxygens (including phenoxy) is 3. The van der Waals surface area contributed by atoms with Crippen molar-refractivity contribution in [2.24, 2.45) is 0 Å². The van der Waals surface area contributed by atoms with Crippen molar-refractivity contribution in [3.8, 4) is 17.2 Å². The molecule has 178 valence electrons. The fourth-order valence-electron chi connectivity index (χ4n) is 3.89. The van der Waals surface area contributed by atoms with Gasteiger partial charge in [-0.2, -0.15) is 0 Å². The number of nitrogens with zero attached hydrogens (tertiary/aromatic N) is 3. The molecule has 1 atom stereocenters. The van der Waals surface area contributed by atoms with E-state index < -0.39 is 0 Å². The highest BCUT2D eigenvalue weighted by molar-refractivity contribution is 5.93. The predicted octanol–water partition coefficient (Wildman–Crippen LogP) is 3.86. The summed E-state index contributed by atoms with van der Waals surface area (Å²) in [6, 6.07) is 15.3. The quantitative estimate of drug-likeness (QED) is 0.517. The second-order valence-electron chi connectivity index (χ2n) is 8.01. The van der Waals surface area contributed by atoms with Crippen LogP contribution in [-0.4, -0.2) is 48.8 Å². The zero-order valence-electron chi connectivity index (χ0n) is 19.6. The number of rotatable bonds is 9. The van der Waals surface area contributed by atoms with E-state index in [0.29, 0.717) is 31.2 Å². The van der Waals surface area contributed by atoms with Gasteiger partial charge in [-0.05, 0) is 49.6 Å². The Balaban J connectivity index is 1.34. The molecule has 2 heterocycles. The summed E-state index contributed by atoms with van der Waals surface area (Å²) in [6.07, 6.45) is 5.05. The molecule has 1 fully saturated rings. The zero-order valence-corrected chi connectivity index (χ0v) is 19.6. The number of aromatic nitrogens is 2. The lowest BCUT2D eigenvalue weighted by Crippen LogP contribution is -2.42. The molecule has 1 aromatic heterocycles. The highest BCUT2D eigenvalue weighted by atomic mass is 16.5. The molecule has 0 unspecified atom stereocenters. The van der Waals surface area contributed by atoms with Gasteiger partial charge in [0.25, 0.3) is 5.91 Å². The summed E-state index contributed by atoms with van der Waals surface area (Å²) in [5, 5.41) is 2.90. The molecule has 1 amide bonds. The summed E-state index contributed by atoms with van der Waals surface area (Å²) in [5.41, 5.74) is 1.37. The molecule has 34 heavy (non-hydrogen) atoms. The highest BCUT2D eigenvalue weighted by Crippen LogP contribution is 2.29. The van der Waals surface area contributed by atoms with Crippen molar-refractivity contribution in [3.63, 3.8) is 0 Å². The van der Waals surface area contributed by atoms with Gasteiger partial charge in [0, 0.05) is 25.5 Å². The van der Waals surface area contributed by atoms with E-state index in [-0.39, 0.29) is 12.0 Å². The normalized spacial score (nSPS) is 15.5. The van der Waals surface area contributed by atoms with Gasteiger partial charge < -0.3 is 24.4 Å². The highest BCUT2D eigenvalue weighted by Gasteiger charge is 2.24. The number of nitrogens with one attached hydrogen (secondary N) is 1. The number of amides is 1. The summed E-state index contributed by atoms with van der Waals surface area (Å²) >= 11 is 0. The van der Waals surface area contributed by atoms with E-state index in [4.69, 9.17) is 14.2 Å². The maximum atomic E-state index is 12.5. The molecule has 0 radical (unpaired) electrons. The maximum absolute atomic E-state index is 12.5. The van der Waals surface area contributed by atoms with Gasteiger partial charge in [-0.25, -0.2) is 9.97 Å². The number of methoxy groups -OCH3 is 1. The van der Waals surface area contributed by atoms with Crippen LogP contribution in [0.3, 0.4) is 0 Å². The van der Waals surface area contributed by atoms with E-state index in [2.05, 4.69) is 20.2 Å². The first-order valence-corrected chi connectivity index (χ1v) is 11.5. The number of piperidine rings is 1. The van der Waals surface area contributed by atoms with Crippen LogP contribution in [0.25, 0.3) is 0 Å². The molecule has 1 N–H and O–H groups in total. The van der Waals surface area contributed by atoms with Gasteiger partial charge in [-0.1, -0.05) is 24.3 Å². The van der Waals surface area contributed by atoms with E-state index in [0.717, 1.165) is 42.2 Å². The standard InChI is InChI=1S/C26H30N4O4/c1-3-33-23-11-4-5-12-24(23)34-22-10-7-13-30(18-22)26-28-16-20(17-29-26)25(31)27-15-19-8-6-9-21(14-19)32-2/h4-6,8-9,11-12,14,16-17,22H,3,7,10,13,15,18H2,1-2H3,(H,27,31)/t22-/m1/s1. The topological polar surface area (TPSA) is 85.8 Å². The number of hydrogen-bond donors (Lipinski definition) is 1. The molecule has 1 saturated heterocycles. The molecule has 0 saturated carbocycles. The van der Waals surface area contributed by atoms with Crippen molar-refractivity contribution in [1.29, 1.82) is 0 Å². The number of hydrogen-bond acceptors (Lipinski definition) is 7. The molecule has 0 spiro atoms. The Bertz CT molecular complexity index is 1090. The first kappa shape index (κ1) is 23.4. The van der Waals surface area contributed by atoms with Crippen molar-refractivity contribution in [2.45, 2.75) is 32.4 Å². The van der Waals surface area contributed by atoms with Crippen LogP contribution in [-0.2, 0) is 6.54 Å². The minimum Gasteiger partial charge on any atom is -0.497 e. The Labute approximate surface area is 199 Å². The minimum absolute atomic E-state index is 0.00444. The molecule has 3 aromatic rings. The van der Waals surface area contributed by atoms with Crippen molar-refractivity contribution in [2.75, 3.05) is 31.7 Å². The van der Waals surface area contributed by atoms with Gasteiger partial charge in [0.05, 0.1) is 25.8 Å². The number of anilines is 1. The van der Waals surface area contributed by atoms with Gasteiger partial charge in [0.15, 0.2) is 11.5 Å². The van der Waals surface area contributed by atoms with E-state index in [1.54, 1.807) is 19.5 Å². The number of carbonyl (C=O) groups excluding carboxylic acids is 1. The molecular formula is C26H30N4O4.